The van der Waals surface area contributed by atoms with Crippen LogP contribution in [0.2, 0.25) is 0 Å². The lowest BCUT2D eigenvalue weighted by Crippen LogP contribution is -2.53. The molecule has 8 nitrogen and oxygen atoms in total. The van der Waals surface area contributed by atoms with E-state index in [1.807, 2.05) is 4.90 Å². The molecule has 0 atom stereocenters. The van der Waals surface area contributed by atoms with Crippen LogP contribution in [0.1, 0.15) is 41.8 Å². The van der Waals surface area contributed by atoms with Crippen LogP contribution in [-0.2, 0) is 12.1 Å². The number of amides is 3. The average molecular weight is 609 g/mol. The molecule has 0 aliphatic carbocycles. The third kappa shape index (κ3) is 7.89. The second kappa shape index (κ2) is 12.4. The van der Waals surface area contributed by atoms with Crippen LogP contribution in [0.5, 0.6) is 0 Å². The standard InChI is InChI=1S/C27H31F7N4O4/c1-24(2,41)9-10-35-23(40)36-21-8-5-18(15-20(21)28)22(39)38-13-11-37(12-14-38)16-17-3-6-19(7-4-17)25(42,26(29,30)31)27(32,33)34/h3-8,15,41-42H,9-14,16H2,1-2H3,(H2,35,36,40). The van der Waals surface area contributed by atoms with Gasteiger partial charge >= 0.3 is 18.4 Å². The number of rotatable bonds is 8. The van der Waals surface area contributed by atoms with E-state index in [0.717, 1.165) is 18.2 Å². The van der Waals surface area contributed by atoms with Gasteiger partial charge in [-0.05, 0) is 44.0 Å². The first-order chi connectivity index (χ1) is 19.3. The molecule has 0 saturated carbocycles. The fourth-order valence-corrected chi connectivity index (χ4v) is 4.29. The van der Waals surface area contributed by atoms with Crippen molar-refractivity contribution in [3.8, 4) is 0 Å². The Labute approximate surface area is 237 Å². The van der Waals surface area contributed by atoms with Crippen LogP contribution in [0.25, 0.3) is 0 Å². The number of urea groups is 1. The van der Waals surface area contributed by atoms with E-state index in [4.69, 9.17) is 0 Å². The van der Waals surface area contributed by atoms with Crippen LogP contribution >= 0.6 is 0 Å². The molecular weight excluding hydrogens is 577 g/mol. The summed E-state index contributed by atoms with van der Waals surface area (Å²) in [4.78, 5) is 28.2. The smallest absolute Gasteiger partial charge is 0.390 e. The summed E-state index contributed by atoms with van der Waals surface area (Å²) in [5.41, 5.74) is -7.02. The molecule has 232 valence electrons. The second-order valence-corrected chi connectivity index (χ2v) is 10.6. The first kappa shape index (κ1) is 33.1. The van der Waals surface area contributed by atoms with E-state index in [0.29, 0.717) is 30.8 Å². The minimum absolute atomic E-state index is 0.0475. The number of nitrogens with zero attached hydrogens (tertiary/aromatic N) is 2. The highest BCUT2D eigenvalue weighted by Gasteiger charge is 2.71. The van der Waals surface area contributed by atoms with Crippen molar-refractivity contribution in [1.82, 2.24) is 15.1 Å². The molecule has 2 aromatic carbocycles. The van der Waals surface area contributed by atoms with Crippen LogP contribution in [0.15, 0.2) is 42.5 Å². The predicted molar refractivity (Wildman–Crippen MR) is 138 cm³/mol. The number of aliphatic hydroxyl groups is 2. The lowest BCUT2D eigenvalue weighted by molar-refractivity contribution is -0.376. The maximum atomic E-state index is 14.6. The van der Waals surface area contributed by atoms with Gasteiger partial charge in [-0.2, -0.15) is 26.3 Å². The van der Waals surface area contributed by atoms with Crippen molar-refractivity contribution < 1.29 is 50.5 Å². The summed E-state index contributed by atoms with van der Waals surface area (Å²) in [7, 11) is 0. The molecule has 1 fully saturated rings. The van der Waals surface area contributed by atoms with E-state index in [9.17, 15) is 50.5 Å². The van der Waals surface area contributed by atoms with Crippen molar-refractivity contribution in [3.63, 3.8) is 0 Å². The monoisotopic (exact) mass is 608 g/mol. The Kier molecular flexibility index (Phi) is 9.79. The van der Waals surface area contributed by atoms with E-state index in [1.54, 1.807) is 13.8 Å². The molecule has 0 spiro atoms. The Morgan fingerprint density at radius 2 is 1.45 bits per heavy atom. The van der Waals surface area contributed by atoms with Gasteiger partial charge in [0.1, 0.15) is 5.82 Å². The molecule has 3 amide bonds. The molecular formula is C27H31F7N4O4. The van der Waals surface area contributed by atoms with Gasteiger partial charge in [-0.3, -0.25) is 9.69 Å². The summed E-state index contributed by atoms with van der Waals surface area (Å²) >= 11 is 0. The molecule has 4 N–H and O–H groups in total. The predicted octanol–water partition coefficient (Wildman–Crippen LogP) is 4.38. The van der Waals surface area contributed by atoms with Crippen LogP contribution in [0, 0.1) is 5.82 Å². The molecule has 0 radical (unpaired) electrons. The zero-order valence-corrected chi connectivity index (χ0v) is 22.7. The molecule has 1 saturated heterocycles. The molecule has 15 heteroatoms. The molecule has 0 unspecified atom stereocenters. The van der Waals surface area contributed by atoms with Crippen molar-refractivity contribution in [2.75, 3.05) is 38.0 Å². The Hall–Kier alpha value is -3.43. The van der Waals surface area contributed by atoms with Crippen molar-refractivity contribution in [3.05, 3.63) is 65.0 Å². The summed E-state index contributed by atoms with van der Waals surface area (Å²) in [5.74, 6) is -1.29. The van der Waals surface area contributed by atoms with Gasteiger partial charge in [0.25, 0.3) is 11.5 Å². The number of piperazine rings is 1. The molecule has 1 aliphatic rings. The maximum Gasteiger partial charge on any atom is 0.430 e. The van der Waals surface area contributed by atoms with Crippen molar-refractivity contribution >= 4 is 17.6 Å². The number of carbonyl (C=O) groups excluding carboxylic acids is 2. The minimum Gasteiger partial charge on any atom is -0.390 e. The third-order valence-electron chi connectivity index (χ3n) is 6.74. The maximum absolute atomic E-state index is 14.6. The first-order valence-corrected chi connectivity index (χ1v) is 12.9. The summed E-state index contributed by atoms with van der Waals surface area (Å²) < 4.78 is 93.1. The number of benzene rings is 2. The first-order valence-electron chi connectivity index (χ1n) is 12.9. The molecule has 2 aromatic rings. The van der Waals surface area contributed by atoms with Crippen LogP contribution in [0.3, 0.4) is 0 Å². The average Bonchev–Trinajstić information content (AvgIpc) is 2.88. The Morgan fingerprint density at radius 1 is 0.881 bits per heavy atom. The number of alkyl halides is 6. The molecule has 0 bridgehead atoms. The van der Waals surface area contributed by atoms with Gasteiger partial charge in [0.05, 0.1) is 11.3 Å². The third-order valence-corrected chi connectivity index (χ3v) is 6.74. The SMILES string of the molecule is CC(C)(O)CCNC(=O)Nc1ccc(C(=O)N2CCN(Cc3ccc(C(O)(C(F)(F)F)C(F)(F)F)cc3)CC2)cc1F. The molecule has 3 rings (SSSR count). The minimum atomic E-state index is -5.97. The Bertz CT molecular complexity index is 1240. The number of halogens is 7. The molecule has 0 aromatic heterocycles. The van der Waals surface area contributed by atoms with Gasteiger partial charge in [0.2, 0.25) is 0 Å². The zero-order valence-electron chi connectivity index (χ0n) is 22.7. The van der Waals surface area contributed by atoms with Gasteiger partial charge in [0.15, 0.2) is 0 Å². The van der Waals surface area contributed by atoms with E-state index < -0.39 is 46.9 Å². The van der Waals surface area contributed by atoms with Gasteiger partial charge < -0.3 is 25.7 Å². The number of nitrogens with one attached hydrogen (secondary N) is 2. The van der Waals surface area contributed by atoms with Crippen molar-refractivity contribution in [2.45, 2.75) is 50.4 Å². The molecule has 1 heterocycles. The van der Waals surface area contributed by atoms with E-state index >= 15 is 0 Å². The van der Waals surface area contributed by atoms with E-state index in [2.05, 4.69) is 10.6 Å². The van der Waals surface area contributed by atoms with Gasteiger partial charge in [-0.15, -0.1) is 0 Å². The zero-order chi connectivity index (χ0) is 31.5. The number of hydrogen-bond donors (Lipinski definition) is 4. The number of hydrogen-bond acceptors (Lipinski definition) is 5. The molecule has 1 aliphatic heterocycles. The Morgan fingerprint density at radius 3 is 1.95 bits per heavy atom. The van der Waals surface area contributed by atoms with Crippen LogP contribution in [-0.4, -0.2) is 82.6 Å². The Balaban J connectivity index is 1.54. The topological polar surface area (TPSA) is 105 Å². The van der Waals surface area contributed by atoms with E-state index in [-0.39, 0.29) is 43.9 Å². The lowest BCUT2D eigenvalue weighted by atomic mass is 9.91. The summed E-state index contributed by atoms with van der Waals surface area (Å²) in [5, 5.41) is 24.0. The van der Waals surface area contributed by atoms with E-state index in [1.165, 1.54) is 17.0 Å². The fraction of sp³-hybridized carbons (Fsp3) is 0.481. The highest BCUT2D eigenvalue weighted by atomic mass is 19.4. The van der Waals surface area contributed by atoms with Crippen LogP contribution < -0.4 is 10.6 Å². The summed E-state index contributed by atoms with van der Waals surface area (Å²) in [6, 6.07) is 6.23. The lowest BCUT2D eigenvalue weighted by Gasteiger charge is -2.35. The second-order valence-electron chi connectivity index (χ2n) is 10.6. The fourth-order valence-electron chi connectivity index (χ4n) is 4.29. The van der Waals surface area contributed by atoms with Crippen molar-refractivity contribution in [2.24, 2.45) is 0 Å². The largest absolute Gasteiger partial charge is 0.430 e. The van der Waals surface area contributed by atoms with Crippen LogP contribution in [0.4, 0.5) is 41.2 Å². The summed E-state index contributed by atoms with van der Waals surface area (Å²) in [6.07, 6.45) is -11.7. The van der Waals surface area contributed by atoms with Gasteiger partial charge in [0, 0.05) is 50.4 Å². The highest BCUT2D eigenvalue weighted by Crippen LogP contribution is 2.50. The molecule has 42 heavy (non-hydrogen) atoms. The highest BCUT2D eigenvalue weighted by molar-refractivity contribution is 5.95. The summed E-state index contributed by atoms with van der Waals surface area (Å²) in [6.45, 7) is 4.60. The quantitative estimate of drug-likeness (QED) is 0.333. The van der Waals surface area contributed by atoms with Gasteiger partial charge in [-0.1, -0.05) is 24.3 Å². The van der Waals surface area contributed by atoms with Gasteiger partial charge in [-0.25, -0.2) is 9.18 Å². The number of carbonyl (C=O) groups is 2. The normalized spacial score (nSPS) is 15.5. The number of anilines is 1. The van der Waals surface area contributed by atoms with Crippen molar-refractivity contribution in [1.29, 1.82) is 0 Å².